The Morgan fingerprint density at radius 2 is 2.56 bits per heavy atom. The van der Waals surface area contributed by atoms with Gasteiger partial charge in [0.25, 0.3) is 0 Å². The van der Waals surface area contributed by atoms with Crippen LogP contribution in [0, 0.1) is 0 Å². The van der Waals surface area contributed by atoms with Crippen LogP contribution in [0.15, 0.2) is 0 Å². The highest BCUT2D eigenvalue weighted by Crippen LogP contribution is 1.94. The van der Waals surface area contributed by atoms with Gasteiger partial charge in [0, 0.05) is 6.26 Å². The number of hydrogen-bond donors (Lipinski definition) is 2. The minimum absolute atomic E-state index is 0.0521. The van der Waals surface area contributed by atoms with Crippen LogP contribution >= 0.6 is 12.0 Å². The van der Waals surface area contributed by atoms with Gasteiger partial charge < -0.3 is 15.0 Å². The van der Waals surface area contributed by atoms with E-state index in [1.54, 1.807) is 6.26 Å². The van der Waals surface area contributed by atoms with Crippen LogP contribution in [0.5, 0.6) is 0 Å². The van der Waals surface area contributed by atoms with Crippen molar-refractivity contribution in [1.82, 2.24) is 0 Å². The quantitative estimate of drug-likeness (QED) is 0.539. The van der Waals surface area contributed by atoms with Crippen molar-refractivity contribution >= 4 is 18.0 Å². The third-order valence-corrected chi connectivity index (χ3v) is 1.05. The van der Waals surface area contributed by atoms with Gasteiger partial charge in [0.2, 0.25) is 0 Å². The summed E-state index contributed by atoms with van der Waals surface area (Å²) in [5.74, 6) is -1.04. The highest BCUT2D eigenvalue weighted by molar-refractivity contribution is 7.93. The Kier molecular flexibility index (Phi) is 4.47. The third kappa shape index (κ3) is 4.26. The van der Waals surface area contributed by atoms with Gasteiger partial charge in [-0.25, -0.2) is 0 Å². The molecule has 0 aromatic heterocycles. The lowest BCUT2D eigenvalue weighted by Gasteiger charge is -2.02. The lowest BCUT2D eigenvalue weighted by Crippen LogP contribution is -2.34. The van der Waals surface area contributed by atoms with Crippen LogP contribution in [-0.2, 0) is 8.98 Å². The van der Waals surface area contributed by atoms with Crippen LogP contribution in [0.2, 0.25) is 0 Å². The van der Waals surface area contributed by atoms with E-state index in [-0.39, 0.29) is 6.61 Å². The Bertz CT molecular complexity index is 97.8. The average Bonchev–Trinajstić information content (AvgIpc) is 1.82. The van der Waals surface area contributed by atoms with E-state index >= 15 is 0 Å². The number of carboxylic acid groups (broad SMARTS) is 1. The number of aliphatic carboxylic acids is 1. The Morgan fingerprint density at radius 1 is 2.00 bits per heavy atom. The first-order chi connectivity index (χ1) is 4.18. The molecule has 0 aliphatic rings. The molecule has 0 aromatic carbocycles. The molecule has 0 amide bonds. The van der Waals surface area contributed by atoms with Crippen molar-refractivity contribution < 1.29 is 14.1 Å². The normalized spacial score (nSPS) is 13.1. The van der Waals surface area contributed by atoms with Crippen molar-refractivity contribution in [2.24, 2.45) is 5.73 Å². The van der Waals surface area contributed by atoms with Gasteiger partial charge in [0.15, 0.2) is 0 Å². The van der Waals surface area contributed by atoms with Gasteiger partial charge in [-0.3, -0.25) is 4.79 Å². The summed E-state index contributed by atoms with van der Waals surface area (Å²) >= 11 is 1.10. The average molecular weight is 151 g/mol. The molecule has 0 aliphatic heterocycles. The first kappa shape index (κ1) is 8.74. The van der Waals surface area contributed by atoms with Gasteiger partial charge in [-0.05, 0) is 12.0 Å². The Balaban J connectivity index is 3.27. The summed E-state index contributed by atoms with van der Waals surface area (Å²) in [6.07, 6.45) is 1.70. The van der Waals surface area contributed by atoms with E-state index in [4.69, 9.17) is 10.8 Å². The standard InChI is InChI=1S/C4H9NO3S/c1-9-8-2-3(5)4(6)7/h3H,2,5H2,1H3,(H,6,7). The van der Waals surface area contributed by atoms with Crippen LogP contribution in [-0.4, -0.2) is 30.0 Å². The predicted octanol–water partition coefficient (Wildman–Crippen LogP) is -0.307. The summed E-state index contributed by atoms with van der Waals surface area (Å²) in [7, 11) is 0. The molecule has 1 atom stereocenters. The summed E-state index contributed by atoms with van der Waals surface area (Å²) in [4.78, 5) is 9.99. The van der Waals surface area contributed by atoms with Crippen LogP contribution in [0.3, 0.4) is 0 Å². The lowest BCUT2D eigenvalue weighted by atomic mass is 10.3. The van der Waals surface area contributed by atoms with Crippen molar-refractivity contribution in [3.05, 3.63) is 0 Å². The second kappa shape index (κ2) is 4.60. The molecule has 54 valence electrons. The SMILES string of the molecule is CSOCC(N)C(=O)O. The minimum Gasteiger partial charge on any atom is -0.480 e. The topological polar surface area (TPSA) is 72.5 Å². The van der Waals surface area contributed by atoms with E-state index in [9.17, 15) is 4.79 Å². The van der Waals surface area contributed by atoms with Crippen LogP contribution in [0.25, 0.3) is 0 Å². The Hall–Kier alpha value is -0.260. The maximum absolute atomic E-state index is 9.99. The highest BCUT2D eigenvalue weighted by Gasteiger charge is 2.10. The maximum atomic E-state index is 9.99. The van der Waals surface area contributed by atoms with Crippen molar-refractivity contribution in [1.29, 1.82) is 0 Å². The molecule has 0 radical (unpaired) electrons. The monoisotopic (exact) mass is 151 g/mol. The molecule has 1 unspecified atom stereocenters. The number of rotatable bonds is 4. The molecular weight excluding hydrogens is 142 g/mol. The Morgan fingerprint density at radius 3 is 2.89 bits per heavy atom. The second-order valence-electron chi connectivity index (χ2n) is 1.40. The molecule has 0 fully saturated rings. The zero-order valence-corrected chi connectivity index (χ0v) is 5.85. The molecule has 0 bridgehead atoms. The maximum Gasteiger partial charge on any atom is 0.322 e. The molecular formula is C4H9NO3S. The summed E-state index contributed by atoms with van der Waals surface area (Å²) in [5.41, 5.74) is 5.06. The Labute approximate surface area is 57.6 Å². The van der Waals surface area contributed by atoms with Gasteiger partial charge >= 0.3 is 5.97 Å². The molecule has 0 spiro atoms. The van der Waals surface area contributed by atoms with Crippen molar-refractivity contribution in [3.63, 3.8) is 0 Å². The lowest BCUT2D eigenvalue weighted by molar-refractivity contribution is -0.139. The van der Waals surface area contributed by atoms with Gasteiger partial charge in [-0.15, -0.1) is 0 Å². The summed E-state index contributed by atoms with van der Waals surface area (Å²) in [6, 6.07) is -0.905. The zero-order valence-electron chi connectivity index (χ0n) is 5.03. The molecule has 0 aromatic rings. The molecule has 0 aliphatic carbocycles. The minimum atomic E-state index is -1.04. The van der Waals surface area contributed by atoms with Crippen LogP contribution in [0.4, 0.5) is 0 Å². The smallest absolute Gasteiger partial charge is 0.322 e. The van der Waals surface area contributed by atoms with E-state index in [0.29, 0.717) is 0 Å². The third-order valence-electron chi connectivity index (χ3n) is 0.683. The van der Waals surface area contributed by atoms with E-state index in [1.165, 1.54) is 0 Å². The molecule has 9 heavy (non-hydrogen) atoms. The second-order valence-corrected chi connectivity index (χ2v) is 1.96. The zero-order chi connectivity index (χ0) is 7.28. The van der Waals surface area contributed by atoms with Crippen LogP contribution in [0.1, 0.15) is 0 Å². The highest BCUT2D eigenvalue weighted by atomic mass is 32.2. The fourth-order valence-electron chi connectivity index (χ4n) is 0.213. The first-order valence-electron chi connectivity index (χ1n) is 2.32. The van der Waals surface area contributed by atoms with E-state index in [0.717, 1.165) is 12.0 Å². The number of carbonyl (C=O) groups is 1. The number of carboxylic acids is 1. The molecule has 0 saturated carbocycles. The van der Waals surface area contributed by atoms with Crippen molar-refractivity contribution in [2.75, 3.05) is 12.9 Å². The molecule has 0 saturated heterocycles. The van der Waals surface area contributed by atoms with Crippen molar-refractivity contribution in [3.8, 4) is 0 Å². The van der Waals surface area contributed by atoms with Gasteiger partial charge in [-0.1, -0.05) is 0 Å². The molecule has 4 nitrogen and oxygen atoms in total. The fourth-order valence-corrected chi connectivity index (χ4v) is 0.495. The van der Waals surface area contributed by atoms with E-state index in [1.807, 2.05) is 0 Å². The van der Waals surface area contributed by atoms with E-state index in [2.05, 4.69) is 4.18 Å². The first-order valence-corrected chi connectivity index (χ1v) is 3.47. The van der Waals surface area contributed by atoms with Crippen LogP contribution < -0.4 is 5.73 Å². The molecule has 3 N–H and O–H groups in total. The van der Waals surface area contributed by atoms with Crippen molar-refractivity contribution in [2.45, 2.75) is 6.04 Å². The predicted molar refractivity (Wildman–Crippen MR) is 35.1 cm³/mol. The largest absolute Gasteiger partial charge is 0.480 e. The number of nitrogens with two attached hydrogens (primary N) is 1. The van der Waals surface area contributed by atoms with Gasteiger partial charge in [0.05, 0.1) is 6.61 Å². The molecule has 5 heteroatoms. The number of hydrogen-bond acceptors (Lipinski definition) is 4. The van der Waals surface area contributed by atoms with Gasteiger partial charge in [-0.2, -0.15) is 0 Å². The fraction of sp³-hybridized carbons (Fsp3) is 0.750. The summed E-state index contributed by atoms with van der Waals surface area (Å²) < 4.78 is 4.67. The van der Waals surface area contributed by atoms with Gasteiger partial charge in [0.1, 0.15) is 6.04 Å². The summed E-state index contributed by atoms with van der Waals surface area (Å²) in [5, 5.41) is 8.19. The molecule has 0 rings (SSSR count). The van der Waals surface area contributed by atoms with E-state index < -0.39 is 12.0 Å². The molecule has 0 heterocycles. The summed E-state index contributed by atoms with van der Waals surface area (Å²) in [6.45, 7) is 0.0521.